The second-order valence-electron chi connectivity index (χ2n) is 15.6. The van der Waals surface area contributed by atoms with Gasteiger partial charge in [0.2, 0.25) is 11.8 Å². The average Bonchev–Trinajstić information content (AvgIpc) is 3.98. The molecule has 0 unspecified atom stereocenters. The fraction of sp³-hybridized carbons (Fsp3) is 0.0714. The Bertz CT molecular complexity index is 2960. The molecule has 0 fully saturated rings. The van der Waals surface area contributed by atoms with Crippen molar-refractivity contribution in [2.24, 2.45) is 0 Å². The minimum absolute atomic E-state index is 0.581. The lowest BCUT2D eigenvalue weighted by atomic mass is 10.0. The molecule has 0 atom stereocenters. The molecule has 302 valence electrons. The molecule has 0 N–H and O–H groups in total. The standard InChI is InChI=1S/C56H46N4O2/c1-59(2)48-35-31-43(32-36-48)51-53(45-14-7-5-8-15-45)61-55(57-51)47-29-26-41(27-30-47)24-21-39-19-22-40(23-20-39)25-28-42-13-11-12-18-50(42)56-58-52(44-33-37-49(38-34-44)60(3)4)54(62-56)46-16-9-6-10-17-46/h5-38H,1-4H3. The number of hydrogen-bond donors (Lipinski definition) is 0. The van der Waals surface area contributed by atoms with Crippen molar-refractivity contribution >= 4 is 35.7 Å². The maximum absolute atomic E-state index is 6.60. The molecule has 0 radical (unpaired) electrons. The Morgan fingerprint density at radius 3 is 1.23 bits per heavy atom. The van der Waals surface area contributed by atoms with Crippen molar-refractivity contribution in [1.29, 1.82) is 0 Å². The van der Waals surface area contributed by atoms with Gasteiger partial charge in [-0.25, -0.2) is 9.97 Å². The molecule has 7 aromatic carbocycles. The van der Waals surface area contributed by atoms with Crippen molar-refractivity contribution in [2.75, 3.05) is 38.0 Å². The molecule has 6 heteroatoms. The van der Waals surface area contributed by atoms with Crippen LogP contribution in [0.4, 0.5) is 11.4 Å². The van der Waals surface area contributed by atoms with Crippen molar-refractivity contribution in [1.82, 2.24) is 9.97 Å². The quantitative estimate of drug-likeness (QED) is 0.115. The molecule has 2 heterocycles. The number of benzene rings is 7. The molecular formula is C56H46N4O2. The van der Waals surface area contributed by atoms with Crippen LogP contribution >= 0.6 is 0 Å². The predicted molar refractivity (Wildman–Crippen MR) is 259 cm³/mol. The molecule has 0 bridgehead atoms. The molecule has 0 saturated carbocycles. The van der Waals surface area contributed by atoms with Gasteiger partial charge in [-0.15, -0.1) is 0 Å². The second-order valence-corrected chi connectivity index (χ2v) is 15.6. The summed E-state index contributed by atoms with van der Waals surface area (Å²) < 4.78 is 13.1. The molecule has 0 aliphatic heterocycles. The molecule has 9 aromatic rings. The summed E-state index contributed by atoms with van der Waals surface area (Å²) in [5.74, 6) is 2.68. The Balaban J connectivity index is 0.912. The fourth-order valence-corrected chi connectivity index (χ4v) is 7.35. The molecule has 0 saturated heterocycles. The molecule has 0 aliphatic rings. The lowest BCUT2D eigenvalue weighted by molar-refractivity contribution is 0.588. The summed E-state index contributed by atoms with van der Waals surface area (Å²) in [6, 6.07) is 62.3. The van der Waals surface area contributed by atoms with Gasteiger partial charge in [-0.2, -0.15) is 0 Å². The van der Waals surface area contributed by atoms with Gasteiger partial charge in [-0.3, -0.25) is 0 Å². The third-order valence-electron chi connectivity index (χ3n) is 10.8. The summed E-state index contributed by atoms with van der Waals surface area (Å²) >= 11 is 0. The van der Waals surface area contributed by atoms with Gasteiger partial charge in [-0.05, 0) is 64.7 Å². The minimum Gasteiger partial charge on any atom is -0.435 e. The van der Waals surface area contributed by atoms with E-state index in [-0.39, 0.29) is 0 Å². The second kappa shape index (κ2) is 17.7. The smallest absolute Gasteiger partial charge is 0.227 e. The monoisotopic (exact) mass is 806 g/mol. The highest BCUT2D eigenvalue weighted by atomic mass is 16.4. The first-order valence-corrected chi connectivity index (χ1v) is 20.7. The van der Waals surface area contributed by atoms with E-state index < -0.39 is 0 Å². The Hall–Kier alpha value is -7.96. The van der Waals surface area contributed by atoms with Crippen LogP contribution < -0.4 is 9.80 Å². The Kier molecular flexibility index (Phi) is 11.3. The van der Waals surface area contributed by atoms with E-state index in [2.05, 4.69) is 168 Å². The van der Waals surface area contributed by atoms with Gasteiger partial charge < -0.3 is 18.6 Å². The van der Waals surface area contributed by atoms with E-state index in [1.54, 1.807) is 0 Å². The summed E-state index contributed by atoms with van der Waals surface area (Å²) in [5.41, 5.74) is 14.0. The summed E-state index contributed by atoms with van der Waals surface area (Å²) in [4.78, 5) is 14.3. The van der Waals surface area contributed by atoms with E-state index in [1.807, 2.05) is 76.7 Å². The van der Waals surface area contributed by atoms with Crippen LogP contribution in [0.15, 0.2) is 191 Å². The van der Waals surface area contributed by atoms with E-state index in [1.165, 1.54) is 0 Å². The van der Waals surface area contributed by atoms with Crippen LogP contribution in [0.1, 0.15) is 22.3 Å². The zero-order valence-corrected chi connectivity index (χ0v) is 35.2. The third-order valence-corrected chi connectivity index (χ3v) is 10.8. The van der Waals surface area contributed by atoms with Gasteiger partial charge in [0.25, 0.3) is 0 Å². The Morgan fingerprint density at radius 2 is 0.742 bits per heavy atom. The summed E-state index contributed by atoms with van der Waals surface area (Å²) in [6.07, 6.45) is 8.51. The van der Waals surface area contributed by atoms with Crippen molar-refractivity contribution < 1.29 is 8.83 Å². The minimum atomic E-state index is 0.581. The highest BCUT2D eigenvalue weighted by Crippen LogP contribution is 2.39. The first-order chi connectivity index (χ1) is 30.4. The first-order valence-electron chi connectivity index (χ1n) is 20.7. The summed E-state index contributed by atoms with van der Waals surface area (Å²) in [6.45, 7) is 0. The number of hydrogen-bond acceptors (Lipinski definition) is 6. The van der Waals surface area contributed by atoms with E-state index in [4.69, 9.17) is 18.8 Å². The summed E-state index contributed by atoms with van der Waals surface area (Å²) in [7, 11) is 8.16. The highest BCUT2D eigenvalue weighted by Gasteiger charge is 2.20. The van der Waals surface area contributed by atoms with Gasteiger partial charge >= 0.3 is 0 Å². The molecule has 2 aromatic heterocycles. The van der Waals surface area contributed by atoms with Crippen LogP contribution in [0, 0.1) is 0 Å². The number of rotatable bonds is 12. The molecular weight excluding hydrogens is 761 g/mol. The van der Waals surface area contributed by atoms with Gasteiger partial charge in [0.15, 0.2) is 11.5 Å². The molecule has 0 amide bonds. The van der Waals surface area contributed by atoms with Crippen molar-refractivity contribution in [3.05, 3.63) is 204 Å². The SMILES string of the molecule is CN(C)c1ccc(-c2nc(-c3ccc(C=Cc4ccc(C=Cc5ccccc5-c5nc(-c6ccc(N(C)C)cc6)c(-c6ccccc6)o5)cc4)cc3)oc2-c2ccccc2)cc1. The van der Waals surface area contributed by atoms with Crippen LogP contribution in [-0.4, -0.2) is 38.2 Å². The molecule has 62 heavy (non-hydrogen) atoms. The summed E-state index contributed by atoms with van der Waals surface area (Å²) in [5, 5.41) is 0. The first kappa shape index (κ1) is 39.5. The molecule has 6 nitrogen and oxygen atoms in total. The average molecular weight is 807 g/mol. The van der Waals surface area contributed by atoms with E-state index in [9.17, 15) is 0 Å². The zero-order chi connectivity index (χ0) is 42.4. The highest BCUT2D eigenvalue weighted by molar-refractivity contribution is 5.84. The lowest BCUT2D eigenvalue weighted by Gasteiger charge is -2.12. The topological polar surface area (TPSA) is 58.5 Å². The van der Waals surface area contributed by atoms with E-state index >= 15 is 0 Å². The third kappa shape index (κ3) is 8.67. The van der Waals surface area contributed by atoms with Crippen molar-refractivity contribution in [3.63, 3.8) is 0 Å². The van der Waals surface area contributed by atoms with Gasteiger partial charge in [0.05, 0.1) is 0 Å². The normalized spacial score (nSPS) is 11.4. The van der Waals surface area contributed by atoms with Crippen LogP contribution in [0.25, 0.3) is 92.4 Å². The molecule has 0 aliphatic carbocycles. The number of aromatic nitrogens is 2. The largest absolute Gasteiger partial charge is 0.435 e. The van der Waals surface area contributed by atoms with Crippen LogP contribution in [0.3, 0.4) is 0 Å². The van der Waals surface area contributed by atoms with Crippen molar-refractivity contribution in [3.8, 4) is 68.1 Å². The lowest BCUT2D eigenvalue weighted by Crippen LogP contribution is -2.07. The van der Waals surface area contributed by atoms with Crippen LogP contribution in [0.5, 0.6) is 0 Å². The van der Waals surface area contributed by atoms with E-state index in [0.29, 0.717) is 11.8 Å². The number of nitrogens with zero attached hydrogens (tertiary/aromatic N) is 4. The van der Waals surface area contributed by atoms with E-state index in [0.717, 1.165) is 89.9 Å². The van der Waals surface area contributed by atoms with Gasteiger partial charge in [-0.1, -0.05) is 164 Å². The maximum atomic E-state index is 6.60. The van der Waals surface area contributed by atoms with Crippen LogP contribution in [0.2, 0.25) is 0 Å². The Morgan fingerprint density at radius 1 is 0.355 bits per heavy atom. The Labute approximate surface area is 363 Å². The van der Waals surface area contributed by atoms with Gasteiger partial charge in [0, 0.05) is 72.9 Å². The zero-order valence-electron chi connectivity index (χ0n) is 35.2. The number of oxazole rings is 2. The maximum Gasteiger partial charge on any atom is 0.227 e. The molecule has 0 spiro atoms. The van der Waals surface area contributed by atoms with Crippen molar-refractivity contribution in [2.45, 2.75) is 0 Å². The van der Waals surface area contributed by atoms with Gasteiger partial charge in [0.1, 0.15) is 11.4 Å². The predicted octanol–water partition coefficient (Wildman–Crippen LogP) is 14.1. The fourth-order valence-electron chi connectivity index (χ4n) is 7.35. The van der Waals surface area contributed by atoms with Crippen LogP contribution in [-0.2, 0) is 0 Å². The number of anilines is 2. The molecule has 9 rings (SSSR count).